The Morgan fingerprint density at radius 2 is 2.04 bits per heavy atom. The number of aliphatic hydroxyl groups is 1. The van der Waals surface area contributed by atoms with Crippen molar-refractivity contribution in [2.24, 2.45) is 0 Å². The average Bonchev–Trinajstić information content (AvgIpc) is 2.64. The summed E-state index contributed by atoms with van der Waals surface area (Å²) in [5, 5.41) is 15.7. The lowest BCUT2D eigenvalue weighted by molar-refractivity contribution is 0.153. The van der Waals surface area contributed by atoms with Gasteiger partial charge in [-0.1, -0.05) is 43.7 Å². The number of benzene rings is 1. The zero-order valence-corrected chi connectivity index (χ0v) is 15.6. The van der Waals surface area contributed by atoms with E-state index in [2.05, 4.69) is 22.5 Å². The summed E-state index contributed by atoms with van der Waals surface area (Å²) in [5.74, 6) is 0.119. The molecule has 2 amide bonds. The zero-order chi connectivity index (χ0) is 18.1. The van der Waals surface area contributed by atoms with Crippen LogP contribution < -0.4 is 10.6 Å². The van der Waals surface area contributed by atoms with Crippen LogP contribution in [0, 0.1) is 0 Å². The number of nitrogens with zero attached hydrogens (tertiary/aromatic N) is 1. The minimum absolute atomic E-state index is 0.117. The molecule has 0 saturated carbocycles. The summed E-state index contributed by atoms with van der Waals surface area (Å²) in [7, 11) is 0. The maximum absolute atomic E-state index is 12.2. The number of likely N-dealkylation sites (tertiary alicyclic amines) is 1. The molecule has 1 aliphatic rings. The second-order valence-electron chi connectivity index (χ2n) is 7.06. The van der Waals surface area contributed by atoms with Crippen molar-refractivity contribution >= 4 is 6.03 Å². The molecular weight excluding hydrogens is 314 g/mol. The molecule has 25 heavy (non-hydrogen) atoms. The van der Waals surface area contributed by atoms with Gasteiger partial charge >= 0.3 is 6.03 Å². The van der Waals surface area contributed by atoms with Crippen LogP contribution in [0.15, 0.2) is 30.3 Å². The van der Waals surface area contributed by atoms with Crippen molar-refractivity contribution in [2.75, 3.05) is 26.2 Å². The Hall–Kier alpha value is -1.59. The molecule has 2 rings (SSSR count). The molecule has 0 radical (unpaired) electrons. The summed E-state index contributed by atoms with van der Waals surface area (Å²) in [6, 6.07) is 10.4. The molecule has 0 spiro atoms. The minimum atomic E-state index is -0.393. The standard InChI is InChI=1S/C20H33N3O2/c1-3-23-12-8-7-11-19(23)15-22-20(25)21-14-18(13-16(2)24)17-9-5-4-6-10-17/h4-6,9-10,16,18-19,24H,3,7-8,11-15H2,1-2H3,(H2,21,22,25). The number of aliphatic hydroxyl groups excluding tert-OH is 1. The maximum Gasteiger partial charge on any atom is 0.314 e. The third-order valence-corrected chi connectivity index (χ3v) is 5.06. The van der Waals surface area contributed by atoms with Crippen LogP contribution in [-0.2, 0) is 0 Å². The van der Waals surface area contributed by atoms with Gasteiger partial charge in [-0.3, -0.25) is 4.90 Å². The molecule has 1 fully saturated rings. The Bertz CT molecular complexity index is 507. The third-order valence-electron chi connectivity index (χ3n) is 5.06. The lowest BCUT2D eigenvalue weighted by Gasteiger charge is -2.34. The van der Waals surface area contributed by atoms with E-state index in [1.165, 1.54) is 12.8 Å². The van der Waals surface area contributed by atoms with Crippen molar-refractivity contribution in [2.45, 2.75) is 57.6 Å². The van der Waals surface area contributed by atoms with E-state index in [9.17, 15) is 9.90 Å². The molecule has 140 valence electrons. The van der Waals surface area contributed by atoms with Crippen molar-refractivity contribution in [1.29, 1.82) is 0 Å². The number of nitrogens with one attached hydrogen (secondary N) is 2. The zero-order valence-electron chi connectivity index (χ0n) is 15.6. The van der Waals surface area contributed by atoms with Crippen molar-refractivity contribution < 1.29 is 9.90 Å². The molecule has 0 aliphatic carbocycles. The molecule has 1 saturated heterocycles. The molecule has 5 heteroatoms. The summed E-state index contributed by atoms with van der Waals surface area (Å²) < 4.78 is 0. The molecule has 3 N–H and O–H groups in total. The molecule has 1 heterocycles. The minimum Gasteiger partial charge on any atom is -0.393 e. The Kier molecular flexibility index (Phi) is 8.22. The molecule has 3 atom stereocenters. The summed E-state index contributed by atoms with van der Waals surface area (Å²) in [4.78, 5) is 14.6. The Morgan fingerprint density at radius 1 is 1.28 bits per heavy atom. The SMILES string of the molecule is CCN1CCCCC1CNC(=O)NCC(CC(C)O)c1ccccc1. The van der Waals surface area contributed by atoms with Gasteiger partial charge in [-0.25, -0.2) is 4.79 Å². The normalized spacial score (nSPS) is 20.7. The summed E-state index contributed by atoms with van der Waals surface area (Å²) in [6.45, 7) is 7.37. The first-order valence-corrected chi connectivity index (χ1v) is 9.59. The van der Waals surface area contributed by atoms with Gasteiger partial charge in [0.25, 0.3) is 0 Å². The molecular formula is C20H33N3O2. The number of rotatable bonds is 8. The number of amides is 2. The fourth-order valence-corrected chi connectivity index (χ4v) is 3.67. The largest absolute Gasteiger partial charge is 0.393 e. The van der Waals surface area contributed by atoms with Crippen LogP contribution in [0.25, 0.3) is 0 Å². The molecule has 5 nitrogen and oxygen atoms in total. The molecule has 1 aromatic carbocycles. The first kappa shape index (κ1) is 19.7. The second-order valence-corrected chi connectivity index (χ2v) is 7.06. The van der Waals surface area contributed by atoms with Crippen molar-refractivity contribution in [3.05, 3.63) is 35.9 Å². The topological polar surface area (TPSA) is 64.6 Å². The number of piperidine rings is 1. The van der Waals surface area contributed by atoms with Crippen LogP contribution in [0.5, 0.6) is 0 Å². The van der Waals surface area contributed by atoms with Crippen LogP contribution in [0.3, 0.4) is 0 Å². The van der Waals surface area contributed by atoms with Gasteiger partial charge in [0.1, 0.15) is 0 Å². The fraction of sp³-hybridized carbons (Fsp3) is 0.650. The number of carbonyl (C=O) groups excluding carboxylic acids is 1. The van der Waals surface area contributed by atoms with E-state index in [4.69, 9.17) is 0 Å². The fourth-order valence-electron chi connectivity index (χ4n) is 3.67. The monoisotopic (exact) mass is 347 g/mol. The van der Waals surface area contributed by atoms with E-state index in [0.717, 1.165) is 25.1 Å². The highest BCUT2D eigenvalue weighted by Crippen LogP contribution is 2.20. The van der Waals surface area contributed by atoms with Crippen LogP contribution in [0.1, 0.15) is 51.0 Å². The lowest BCUT2D eigenvalue weighted by atomic mass is 9.93. The van der Waals surface area contributed by atoms with Crippen LogP contribution >= 0.6 is 0 Å². The first-order valence-electron chi connectivity index (χ1n) is 9.59. The van der Waals surface area contributed by atoms with Crippen molar-refractivity contribution in [1.82, 2.24) is 15.5 Å². The highest BCUT2D eigenvalue weighted by atomic mass is 16.3. The van der Waals surface area contributed by atoms with Crippen LogP contribution in [0.2, 0.25) is 0 Å². The number of carbonyl (C=O) groups is 1. The molecule has 0 aromatic heterocycles. The maximum atomic E-state index is 12.2. The van der Waals surface area contributed by atoms with Gasteiger partial charge in [-0.2, -0.15) is 0 Å². The molecule has 1 aliphatic heterocycles. The summed E-state index contributed by atoms with van der Waals surface area (Å²) >= 11 is 0. The number of hydrogen-bond donors (Lipinski definition) is 3. The summed E-state index contributed by atoms with van der Waals surface area (Å²) in [5.41, 5.74) is 1.15. The molecule has 0 bridgehead atoms. The van der Waals surface area contributed by atoms with Gasteiger partial charge in [0, 0.05) is 25.0 Å². The number of likely N-dealkylation sites (N-methyl/N-ethyl adjacent to an activating group) is 1. The van der Waals surface area contributed by atoms with Gasteiger partial charge in [0.15, 0.2) is 0 Å². The van der Waals surface area contributed by atoms with Crippen molar-refractivity contribution in [3.8, 4) is 0 Å². The van der Waals surface area contributed by atoms with Gasteiger partial charge in [0.2, 0.25) is 0 Å². The van der Waals surface area contributed by atoms with Gasteiger partial charge < -0.3 is 15.7 Å². The third kappa shape index (κ3) is 6.67. The molecule has 1 aromatic rings. The Balaban J connectivity index is 1.80. The molecule has 3 unspecified atom stereocenters. The first-order chi connectivity index (χ1) is 12.1. The number of hydrogen-bond acceptors (Lipinski definition) is 3. The van der Waals surface area contributed by atoms with E-state index in [1.807, 2.05) is 30.3 Å². The van der Waals surface area contributed by atoms with Crippen LogP contribution in [-0.4, -0.2) is 54.4 Å². The highest BCUT2D eigenvalue weighted by molar-refractivity contribution is 5.73. The van der Waals surface area contributed by atoms with E-state index in [-0.39, 0.29) is 11.9 Å². The van der Waals surface area contributed by atoms with E-state index in [0.29, 0.717) is 25.6 Å². The van der Waals surface area contributed by atoms with E-state index >= 15 is 0 Å². The predicted octanol–water partition coefficient (Wildman–Crippen LogP) is 2.71. The van der Waals surface area contributed by atoms with Gasteiger partial charge in [-0.05, 0) is 44.8 Å². The van der Waals surface area contributed by atoms with E-state index in [1.54, 1.807) is 6.92 Å². The predicted molar refractivity (Wildman–Crippen MR) is 102 cm³/mol. The highest BCUT2D eigenvalue weighted by Gasteiger charge is 2.21. The van der Waals surface area contributed by atoms with Gasteiger partial charge in [-0.15, -0.1) is 0 Å². The lowest BCUT2D eigenvalue weighted by Crippen LogP contribution is -2.48. The quantitative estimate of drug-likeness (QED) is 0.677. The van der Waals surface area contributed by atoms with Crippen LogP contribution in [0.4, 0.5) is 4.79 Å². The van der Waals surface area contributed by atoms with Crippen molar-refractivity contribution in [3.63, 3.8) is 0 Å². The summed E-state index contributed by atoms with van der Waals surface area (Å²) in [6.07, 6.45) is 3.90. The smallest absolute Gasteiger partial charge is 0.314 e. The Labute approximate surface area is 151 Å². The van der Waals surface area contributed by atoms with Gasteiger partial charge in [0.05, 0.1) is 6.10 Å². The van der Waals surface area contributed by atoms with E-state index < -0.39 is 6.10 Å². The number of urea groups is 1. The second kappa shape index (κ2) is 10.4. The Morgan fingerprint density at radius 3 is 2.72 bits per heavy atom. The average molecular weight is 348 g/mol.